The molecular weight excluding hydrogens is 419 g/mol. The van der Waals surface area contributed by atoms with Crippen molar-refractivity contribution in [2.75, 3.05) is 5.32 Å². The molecule has 154 valence electrons. The first-order chi connectivity index (χ1) is 14.3. The minimum absolute atomic E-state index is 0.109. The molecule has 0 unspecified atom stereocenters. The van der Waals surface area contributed by atoms with Crippen LogP contribution in [-0.4, -0.2) is 32.2 Å². The van der Waals surface area contributed by atoms with E-state index in [-0.39, 0.29) is 34.2 Å². The predicted molar refractivity (Wildman–Crippen MR) is 106 cm³/mol. The lowest BCUT2D eigenvalue weighted by atomic mass is 10.1. The van der Waals surface area contributed by atoms with Gasteiger partial charge in [0.15, 0.2) is 5.69 Å². The fraction of sp³-hybridized carbons (Fsp3) is 0.0526. The number of carboxylic acids is 1. The topological polar surface area (TPSA) is 144 Å². The SMILES string of the molecule is O=C(NCc1c(F)cccc1Cl)Nc1ccccc1-c1nc(C(=O)O)c(O)c(=O)[nH]1. The molecule has 0 spiro atoms. The Hall–Kier alpha value is -3.92. The standard InChI is InChI=1S/C19H14ClFN4O5/c20-11-5-3-6-12(21)10(11)8-22-19(30)23-13-7-2-1-4-9(13)16-24-14(18(28)29)15(26)17(27)25-16/h1-7,26H,8H2,(H,28,29)(H2,22,23,30)(H,24,25,27). The third-order valence-electron chi connectivity index (χ3n) is 4.02. The number of carboxylic acid groups (broad SMARTS) is 1. The number of carbonyl (C=O) groups is 2. The quantitative estimate of drug-likeness (QED) is 0.419. The Balaban J connectivity index is 1.85. The number of benzene rings is 2. The summed E-state index contributed by atoms with van der Waals surface area (Å²) in [5, 5.41) is 23.8. The van der Waals surface area contributed by atoms with Crippen LogP contribution in [0.15, 0.2) is 47.3 Å². The normalized spacial score (nSPS) is 10.5. The summed E-state index contributed by atoms with van der Waals surface area (Å²) in [5.41, 5.74) is -1.40. The maximum atomic E-state index is 13.8. The van der Waals surface area contributed by atoms with Crippen LogP contribution in [-0.2, 0) is 6.54 Å². The number of amides is 2. The molecule has 9 nitrogen and oxygen atoms in total. The molecule has 30 heavy (non-hydrogen) atoms. The van der Waals surface area contributed by atoms with Gasteiger partial charge >= 0.3 is 12.0 Å². The Morgan fingerprint density at radius 2 is 1.90 bits per heavy atom. The van der Waals surface area contributed by atoms with Gasteiger partial charge in [0, 0.05) is 22.7 Å². The Labute approximate surface area is 173 Å². The van der Waals surface area contributed by atoms with Gasteiger partial charge in [-0.3, -0.25) is 4.79 Å². The summed E-state index contributed by atoms with van der Waals surface area (Å²) in [5.74, 6) is -3.38. The molecule has 3 rings (SSSR count). The summed E-state index contributed by atoms with van der Waals surface area (Å²) in [6, 6.07) is 9.55. The van der Waals surface area contributed by atoms with Crippen LogP contribution in [0.2, 0.25) is 5.02 Å². The number of aromatic carboxylic acids is 1. The van der Waals surface area contributed by atoms with Crippen LogP contribution in [0.25, 0.3) is 11.4 Å². The summed E-state index contributed by atoms with van der Waals surface area (Å²) >= 11 is 5.92. The zero-order chi connectivity index (χ0) is 21.8. The highest BCUT2D eigenvalue weighted by Crippen LogP contribution is 2.25. The van der Waals surface area contributed by atoms with Gasteiger partial charge in [-0.05, 0) is 24.3 Å². The summed E-state index contributed by atoms with van der Waals surface area (Å²) in [4.78, 5) is 41.3. The molecule has 0 atom stereocenters. The summed E-state index contributed by atoms with van der Waals surface area (Å²) in [6.07, 6.45) is 0. The lowest BCUT2D eigenvalue weighted by molar-refractivity contribution is 0.0686. The highest BCUT2D eigenvalue weighted by molar-refractivity contribution is 6.31. The number of aromatic amines is 1. The molecule has 1 aromatic heterocycles. The van der Waals surface area contributed by atoms with Gasteiger partial charge in [0.05, 0.1) is 5.69 Å². The van der Waals surface area contributed by atoms with Crippen molar-refractivity contribution in [1.29, 1.82) is 0 Å². The minimum Gasteiger partial charge on any atom is -0.501 e. The van der Waals surface area contributed by atoms with Crippen molar-refractivity contribution in [2.45, 2.75) is 6.54 Å². The van der Waals surface area contributed by atoms with E-state index in [1.165, 1.54) is 30.3 Å². The van der Waals surface area contributed by atoms with Crippen molar-refractivity contribution >= 4 is 29.3 Å². The first kappa shape index (κ1) is 20.8. The predicted octanol–water partition coefficient (Wildman–Crippen LogP) is 2.95. The molecule has 2 amide bonds. The zero-order valence-corrected chi connectivity index (χ0v) is 15.8. The number of rotatable bonds is 5. The summed E-state index contributed by atoms with van der Waals surface area (Å²) in [7, 11) is 0. The zero-order valence-electron chi connectivity index (χ0n) is 15.1. The lowest BCUT2D eigenvalue weighted by Gasteiger charge is -2.13. The highest BCUT2D eigenvalue weighted by Gasteiger charge is 2.19. The minimum atomic E-state index is -1.59. The number of hydrogen-bond acceptors (Lipinski definition) is 5. The Morgan fingerprint density at radius 1 is 1.17 bits per heavy atom. The van der Waals surface area contributed by atoms with Crippen LogP contribution >= 0.6 is 11.6 Å². The van der Waals surface area contributed by atoms with Gasteiger partial charge in [-0.2, -0.15) is 0 Å². The molecule has 2 aromatic carbocycles. The second kappa shape index (κ2) is 8.62. The van der Waals surface area contributed by atoms with Crippen LogP contribution in [0.3, 0.4) is 0 Å². The van der Waals surface area contributed by atoms with E-state index in [1.807, 2.05) is 0 Å². The van der Waals surface area contributed by atoms with E-state index >= 15 is 0 Å². The maximum absolute atomic E-state index is 13.8. The van der Waals surface area contributed by atoms with Gasteiger partial charge in [0.1, 0.15) is 11.6 Å². The molecule has 0 aliphatic rings. The van der Waals surface area contributed by atoms with Crippen LogP contribution < -0.4 is 16.2 Å². The highest BCUT2D eigenvalue weighted by atomic mass is 35.5. The van der Waals surface area contributed by atoms with E-state index in [4.69, 9.17) is 16.7 Å². The van der Waals surface area contributed by atoms with Gasteiger partial charge in [-0.25, -0.2) is 19.0 Å². The number of nitrogens with zero attached hydrogens (tertiary/aromatic N) is 1. The van der Waals surface area contributed by atoms with Crippen LogP contribution in [0, 0.1) is 5.82 Å². The monoisotopic (exact) mass is 432 g/mol. The van der Waals surface area contributed by atoms with Crippen LogP contribution in [0.5, 0.6) is 5.75 Å². The Morgan fingerprint density at radius 3 is 2.60 bits per heavy atom. The number of urea groups is 1. The van der Waals surface area contributed by atoms with Crippen LogP contribution in [0.1, 0.15) is 16.1 Å². The van der Waals surface area contributed by atoms with E-state index in [9.17, 15) is 23.9 Å². The van der Waals surface area contributed by atoms with Crippen molar-refractivity contribution in [2.24, 2.45) is 0 Å². The third kappa shape index (κ3) is 4.39. The van der Waals surface area contributed by atoms with Crippen molar-refractivity contribution in [1.82, 2.24) is 15.3 Å². The van der Waals surface area contributed by atoms with Crippen LogP contribution in [0.4, 0.5) is 14.9 Å². The summed E-state index contributed by atoms with van der Waals surface area (Å²) in [6.45, 7) is -0.184. The number of aromatic hydroxyl groups is 1. The molecular formula is C19H14ClFN4O5. The maximum Gasteiger partial charge on any atom is 0.358 e. The van der Waals surface area contributed by atoms with Gasteiger partial charge in [0.2, 0.25) is 5.75 Å². The number of H-pyrrole nitrogens is 1. The number of nitrogens with one attached hydrogen (secondary N) is 3. The van der Waals surface area contributed by atoms with E-state index in [2.05, 4.69) is 20.6 Å². The molecule has 3 aromatic rings. The van der Waals surface area contributed by atoms with Crippen molar-refractivity contribution in [3.8, 4) is 17.1 Å². The second-order valence-corrected chi connectivity index (χ2v) is 6.38. The van der Waals surface area contributed by atoms with Gasteiger partial charge in [0.25, 0.3) is 5.56 Å². The molecule has 0 fully saturated rings. The van der Waals surface area contributed by atoms with Gasteiger partial charge in [-0.15, -0.1) is 0 Å². The molecule has 1 heterocycles. The van der Waals surface area contributed by atoms with E-state index in [0.29, 0.717) is 0 Å². The molecule has 0 bridgehead atoms. The molecule has 11 heteroatoms. The van der Waals surface area contributed by atoms with Gasteiger partial charge < -0.3 is 25.8 Å². The van der Waals surface area contributed by atoms with E-state index in [0.717, 1.165) is 0 Å². The Kier molecular flexibility index (Phi) is 5.98. The third-order valence-corrected chi connectivity index (χ3v) is 4.37. The molecule has 0 aliphatic carbocycles. The number of carbonyl (C=O) groups excluding carboxylic acids is 1. The number of para-hydroxylation sites is 1. The Bertz CT molecular complexity index is 1180. The van der Waals surface area contributed by atoms with Crippen molar-refractivity contribution in [3.63, 3.8) is 0 Å². The average Bonchev–Trinajstić information content (AvgIpc) is 2.70. The fourth-order valence-corrected chi connectivity index (χ4v) is 2.81. The second-order valence-electron chi connectivity index (χ2n) is 5.97. The van der Waals surface area contributed by atoms with E-state index in [1.54, 1.807) is 12.1 Å². The number of hydrogen-bond donors (Lipinski definition) is 5. The first-order valence-corrected chi connectivity index (χ1v) is 8.79. The first-order valence-electron chi connectivity index (χ1n) is 8.41. The fourth-order valence-electron chi connectivity index (χ4n) is 2.58. The smallest absolute Gasteiger partial charge is 0.358 e. The van der Waals surface area contributed by atoms with E-state index < -0.39 is 34.8 Å². The molecule has 0 radical (unpaired) electrons. The molecule has 0 saturated heterocycles. The summed E-state index contributed by atoms with van der Waals surface area (Å²) < 4.78 is 13.8. The molecule has 5 N–H and O–H groups in total. The lowest BCUT2D eigenvalue weighted by Crippen LogP contribution is -2.29. The number of aromatic nitrogens is 2. The average molecular weight is 433 g/mol. The molecule has 0 aliphatic heterocycles. The van der Waals surface area contributed by atoms with Crippen molar-refractivity contribution < 1.29 is 24.2 Å². The van der Waals surface area contributed by atoms with Crippen molar-refractivity contribution in [3.05, 3.63) is 74.9 Å². The molecule has 0 saturated carbocycles. The number of halogens is 2. The largest absolute Gasteiger partial charge is 0.501 e. The van der Waals surface area contributed by atoms with Gasteiger partial charge in [-0.1, -0.05) is 29.8 Å². The number of anilines is 1.